The first kappa shape index (κ1) is 17.3. The van der Waals surface area contributed by atoms with Gasteiger partial charge in [-0.1, -0.05) is 18.3 Å². The minimum absolute atomic E-state index is 0.0967. The molecule has 1 aromatic heterocycles. The summed E-state index contributed by atoms with van der Waals surface area (Å²) in [5.74, 6) is 0. The molecule has 0 amide bonds. The third kappa shape index (κ3) is 6.14. The zero-order valence-corrected chi connectivity index (χ0v) is 13.4. The molecule has 0 saturated heterocycles. The van der Waals surface area contributed by atoms with Crippen LogP contribution in [0.15, 0.2) is 10.2 Å². The maximum Gasteiger partial charge on any atom is 0.304 e. The van der Waals surface area contributed by atoms with Crippen molar-refractivity contribution in [2.75, 3.05) is 26.7 Å². The number of H-pyrrole nitrogens is 1. The Balaban J connectivity index is 2.33. The standard InChI is InChI=1S/C11H22N4O3S2/c1-3-5-12-6-4-7-15(2)20(17,18)13-8-10-9-19-11(16)14-10/h9,12-13H,3-8H2,1-2H3,(H,14,16). The molecular weight excluding hydrogens is 300 g/mol. The fourth-order valence-electron chi connectivity index (χ4n) is 1.53. The van der Waals surface area contributed by atoms with Gasteiger partial charge in [-0.05, 0) is 25.9 Å². The Kier molecular flexibility index (Phi) is 7.38. The number of aromatic amines is 1. The molecule has 0 aliphatic heterocycles. The molecule has 0 spiro atoms. The minimum Gasteiger partial charge on any atom is -0.317 e. The van der Waals surface area contributed by atoms with Crippen LogP contribution in [0.4, 0.5) is 0 Å². The molecular formula is C11H22N4O3S2. The van der Waals surface area contributed by atoms with E-state index < -0.39 is 10.2 Å². The van der Waals surface area contributed by atoms with Crippen LogP contribution >= 0.6 is 11.3 Å². The van der Waals surface area contributed by atoms with E-state index in [-0.39, 0.29) is 11.4 Å². The van der Waals surface area contributed by atoms with Crippen molar-refractivity contribution in [3.8, 4) is 0 Å². The summed E-state index contributed by atoms with van der Waals surface area (Å²) in [5.41, 5.74) is 0.571. The van der Waals surface area contributed by atoms with Crippen LogP contribution in [0.3, 0.4) is 0 Å². The van der Waals surface area contributed by atoms with Crippen LogP contribution in [0.1, 0.15) is 25.5 Å². The van der Waals surface area contributed by atoms with E-state index in [4.69, 9.17) is 0 Å². The first-order chi connectivity index (χ1) is 9.45. The highest BCUT2D eigenvalue weighted by molar-refractivity contribution is 7.87. The second kappa shape index (κ2) is 8.53. The van der Waals surface area contributed by atoms with Crippen LogP contribution in [0, 0.1) is 0 Å². The smallest absolute Gasteiger partial charge is 0.304 e. The topological polar surface area (TPSA) is 94.3 Å². The second-order valence-corrected chi connectivity index (χ2v) is 7.13. The molecule has 1 aromatic rings. The summed E-state index contributed by atoms with van der Waals surface area (Å²) >= 11 is 1.02. The van der Waals surface area contributed by atoms with Crippen molar-refractivity contribution in [2.45, 2.75) is 26.3 Å². The van der Waals surface area contributed by atoms with Crippen LogP contribution in [-0.2, 0) is 16.8 Å². The van der Waals surface area contributed by atoms with Gasteiger partial charge in [-0.25, -0.2) is 0 Å². The quantitative estimate of drug-likeness (QED) is 0.532. The maximum atomic E-state index is 11.9. The fourth-order valence-corrected chi connectivity index (χ4v) is 3.04. The van der Waals surface area contributed by atoms with Crippen molar-refractivity contribution >= 4 is 21.5 Å². The van der Waals surface area contributed by atoms with Crippen molar-refractivity contribution in [3.05, 3.63) is 20.7 Å². The van der Waals surface area contributed by atoms with Gasteiger partial charge in [0.05, 0.1) is 6.54 Å². The summed E-state index contributed by atoms with van der Waals surface area (Å²) < 4.78 is 27.6. The van der Waals surface area contributed by atoms with Gasteiger partial charge in [0.15, 0.2) is 0 Å². The monoisotopic (exact) mass is 322 g/mol. The Morgan fingerprint density at radius 3 is 2.75 bits per heavy atom. The van der Waals surface area contributed by atoms with Gasteiger partial charge >= 0.3 is 4.87 Å². The lowest BCUT2D eigenvalue weighted by Gasteiger charge is -2.17. The highest BCUT2D eigenvalue weighted by Crippen LogP contribution is 2.00. The zero-order valence-electron chi connectivity index (χ0n) is 11.8. The van der Waals surface area contributed by atoms with Crippen molar-refractivity contribution in [1.29, 1.82) is 0 Å². The van der Waals surface area contributed by atoms with Gasteiger partial charge in [-0.2, -0.15) is 17.4 Å². The molecule has 0 aromatic carbocycles. The summed E-state index contributed by atoms with van der Waals surface area (Å²) in [5, 5.41) is 4.83. The summed E-state index contributed by atoms with van der Waals surface area (Å²) in [6.45, 7) is 4.37. The molecule has 0 atom stereocenters. The van der Waals surface area contributed by atoms with E-state index in [9.17, 15) is 13.2 Å². The summed E-state index contributed by atoms with van der Waals surface area (Å²) in [4.78, 5) is 13.3. The number of hydrogen-bond acceptors (Lipinski definition) is 5. The average Bonchev–Trinajstić information content (AvgIpc) is 2.82. The number of aromatic nitrogens is 1. The van der Waals surface area contributed by atoms with Gasteiger partial charge in [-0.3, -0.25) is 4.79 Å². The summed E-state index contributed by atoms with van der Waals surface area (Å²) in [7, 11) is -1.96. The summed E-state index contributed by atoms with van der Waals surface area (Å²) in [6, 6.07) is 0. The lowest BCUT2D eigenvalue weighted by molar-refractivity contribution is 0.444. The van der Waals surface area contributed by atoms with E-state index >= 15 is 0 Å². The largest absolute Gasteiger partial charge is 0.317 e. The van der Waals surface area contributed by atoms with Gasteiger partial charge < -0.3 is 10.3 Å². The highest BCUT2D eigenvalue weighted by Gasteiger charge is 2.16. The van der Waals surface area contributed by atoms with Crippen LogP contribution in [0.25, 0.3) is 0 Å². The molecule has 0 fully saturated rings. The molecule has 7 nitrogen and oxygen atoms in total. The van der Waals surface area contributed by atoms with Crippen molar-refractivity contribution in [1.82, 2.24) is 19.3 Å². The predicted octanol–water partition coefficient (Wildman–Crippen LogP) is 0.0923. The molecule has 1 rings (SSSR count). The van der Waals surface area contributed by atoms with Gasteiger partial charge in [0.2, 0.25) is 0 Å². The Hall–Kier alpha value is -0.740. The van der Waals surface area contributed by atoms with Crippen LogP contribution in [-0.4, -0.2) is 44.4 Å². The normalized spacial score (nSPS) is 12.2. The zero-order chi connectivity index (χ0) is 15.0. The van der Waals surface area contributed by atoms with Crippen molar-refractivity contribution in [3.63, 3.8) is 0 Å². The van der Waals surface area contributed by atoms with E-state index in [0.717, 1.165) is 37.3 Å². The van der Waals surface area contributed by atoms with Gasteiger partial charge in [-0.15, -0.1) is 0 Å². The molecule has 0 unspecified atom stereocenters. The van der Waals surface area contributed by atoms with Gasteiger partial charge in [0.25, 0.3) is 10.2 Å². The Bertz CT molecular complexity index is 538. The highest BCUT2D eigenvalue weighted by atomic mass is 32.2. The molecule has 0 aliphatic carbocycles. The van der Waals surface area contributed by atoms with Crippen molar-refractivity contribution in [2.24, 2.45) is 0 Å². The van der Waals surface area contributed by atoms with E-state index in [1.54, 1.807) is 12.4 Å². The van der Waals surface area contributed by atoms with Crippen molar-refractivity contribution < 1.29 is 8.42 Å². The van der Waals surface area contributed by atoms with Gasteiger partial charge in [0.1, 0.15) is 0 Å². The van der Waals surface area contributed by atoms with E-state index in [2.05, 4.69) is 21.9 Å². The molecule has 0 radical (unpaired) electrons. The number of rotatable bonds is 10. The first-order valence-corrected chi connectivity index (χ1v) is 8.86. The minimum atomic E-state index is -3.50. The van der Waals surface area contributed by atoms with E-state index in [1.165, 1.54) is 4.31 Å². The molecule has 3 N–H and O–H groups in total. The Morgan fingerprint density at radius 1 is 1.40 bits per heavy atom. The molecule has 9 heteroatoms. The third-order valence-corrected chi connectivity index (χ3v) is 4.91. The Morgan fingerprint density at radius 2 is 2.15 bits per heavy atom. The SMILES string of the molecule is CCCNCCCN(C)S(=O)(=O)NCc1csc(=O)[nH]1. The molecule has 20 heavy (non-hydrogen) atoms. The number of hydrogen-bond donors (Lipinski definition) is 3. The lowest BCUT2D eigenvalue weighted by Crippen LogP contribution is -2.39. The van der Waals surface area contributed by atoms with E-state index in [1.807, 2.05) is 0 Å². The Labute approximate surface area is 123 Å². The fraction of sp³-hybridized carbons (Fsp3) is 0.727. The van der Waals surface area contributed by atoms with Crippen LogP contribution in [0.2, 0.25) is 0 Å². The molecule has 0 aliphatic rings. The predicted molar refractivity (Wildman–Crippen MR) is 81.1 cm³/mol. The third-order valence-electron chi connectivity index (χ3n) is 2.68. The second-order valence-electron chi connectivity index (χ2n) is 4.42. The van der Waals surface area contributed by atoms with Crippen LogP contribution < -0.4 is 14.9 Å². The average molecular weight is 322 g/mol. The van der Waals surface area contributed by atoms with Crippen LogP contribution in [0.5, 0.6) is 0 Å². The molecule has 0 bridgehead atoms. The maximum absolute atomic E-state index is 11.9. The number of nitrogens with zero attached hydrogens (tertiary/aromatic N) is 1. The van der Waals surface area contributed by atoms with E-state index in [0.29, 0.717) is 12.2 Å². The molecule has 0 saturated carbocycles. The number of nitrogens with one attached hydrogen (secondary N) is 3. The van der Waals surface area contributed by atoms with Gasteiger partial charge in [0, 0.05) is 24.7 Å². The molecule has 1 heterocycles. The first-order valence-electron chi connectivity index (χ1n) is 6.54. The number of thiazole rings is 1. The lowest BCUT2D eigenvalue weighted by atomic mass is 10.4. The summed E-state index contributed by atoms with van der Waals surface area (Å²) in [6.07, 6.45) is 1.82. The molecule has 116 valence electrons.